The van der Waals surface area contributed by atoms with Crippen molar-refractivity contribution in [2.75, 3.05) is 26.4 Å². The Morgan fingerprint density at radius 1 is 0.558 bits per heavy atom. The number of carboxylic acids is 1. The predicted octanol–water partition coefficient (Wildman–Crippen LogP) is 4.95. The van der Waals surface area contributed by atoms with Gasteiger partial charge in [-0.2, -0.15) is 0 Å². The highest BCUT2D eigenvalue weighted by atomic mass is 16.8. The summed E-state index contributed by atoms with van der Waals surface area (Å²) in [6.07, 6.45) is 9.94. The van der Waals surface area contributed by atoms with Crippen LogP contribution in [-0.2, 0) is 42.8 Å². The minimum Gasteiger partial charge on any atom is -0.477 e. The number of amides is 2. The summed E-state index contributed by atoms with van der Waals surface area (Å²) in [5.41, 5.74) is 0. The van der Waals surface area contributed by atoms with E-state index < -0.39 is 148 Å². The number of nitrogens with one attached hydrogen (secondary N) is 2. The van der Waals surface area contributed by atoms with Gasteiger partial charge in [0.25, 0.3) is 5.79 Å². The van der Waals surface area contributed by atoms with Gasteiger partial charge in [0.1, 0.15) is 67.1 Å². The molecular weight excluding hydrogens is 1120 g/mol. The molecule has 0 radical (unpaired) electrons. The molecule has 18 unspecified atom stereocenters. The number of hydrogen-bond donors (Lipinski definition) is 14. The van der Waals surface area contributed by atoms with E-state index in [0.29, 0.717) is 19.3 Å². The van der Waals surface area contributed by atoms with Crippen LogP contribution in [0.25, 0.3) is 0 Å². The van der Waals surface area contributed by atoms with Crippen LogP contribution in [0.2, 0.25) is 0 Å². The van der Waals surface area contributed by atoms with E-state index in [0.717, 1.165) is 51.9 Å². The molecule has 0 aromatic rings. The van der Waals surface area contributed by atoms with E-state index in [2.05, 4.69) is 24.5 Å². The third kappa shape index (κ3) is 28.1. The van der Waals surface area contributed by atoms with Crippen molar-refractivity contribution in [2.24, 2.45) is 0 Å². The number of unbranched alkanes of at least 4 members (excludes halogenated alkanes) is 30. The van der Waals surface area contributed by atoms with Gasteiger partial charge < -0.3 is 100 Å². The van der Waals surface area contributed by atoms with Gasteiger partial charge in [0.15, 0.2) is 12.6 Å². The second kappa shape index (κ2) is 45.1. The number of rotatable bonds is 50. The van der Waals surface area contributed by atoms with E-state index in [1.807, 2.05) is 0 Å². The maximum Gasteiger partial charge on any atom is 0.364 e. The molecule has 3 saturated heterocycles. The van der Waals surface area contributed by atoms with Gasteiger partial charge in [-0.25, -0.2) is 4.79 Å². The van der Waals surface area contributed by atoms with Gasteiger partial charge in [-0.1, -0.05) is 213 Å². The first-order valence-corrected chi connectivity index (χ1v) is 33.4. The van der Waals surface area contributed by atoms with Crippen LogP contribution >= 0.6 is 0 Å². The molecule has 86 heavy (non-hydrogen) atoms. The van der Waals surface area contributed by atoms with E-state index >= 15 is 0 Å². The van der Waals surface area contributed by atoms with E-state index in [4.69, 9.17) is 28.4 Å². The standard InChI is InChI=1S/C63H118N2O21/c1-4-6-8-10-12-14-16-17-18-19-20-21-22-23-24-25-26-27-29-31-33-35-37-50(73)65-44(45(70)36-34-32-30-28-15-13-11-9-7-5-2)42-81-60-55(77)54(76)57(49(41-68)83-60)84-61-56(78)59(53(75)48(40-67)82-61)86-63(62(79)80)38-46(71)51(64-43(3)69)58(85-63)52(74)47(72)39-66/h44-49,51-61,66-68,70-72,74-78H,4-42H2,1-3H3,(H,64,69)(H,65,73)(H,79,80). The van der Waals surface area contributed by atoms with E-state index in [9.17, 15) is 75.7 Å². The topological polar surface area (TPSA) is 373 Å². The lowest BCUT2D eigenvalue weighted by molar-refractivity contribution is -0.386. The van der Waals surface area contributed by atoms with Gasteiger partial charge in [0.05, 0.1) is 50.7 Å². The maximum atomic E-state index is 13.4. The zero-order chi connectivity index (χ0) is 63.3. The SMILES string of the molecule is CCCCCCCCCCCCCCCCCCCCCCCCC(=O)NC(COC1OC(CO)C(OC2OC(CO)C(O)C(OC3(C(=O)O)CC(O)C(NC(C)=O)C(C(O)C(O)CO)O3)C2O)C(O)C1O)C(O)CCCCCCCCCCCC. The Hall–Kier alpha value is -2.27. The second-order valence-corrected chi connectivity index (χ2v) is 24.7. The largest absolute Gasteiger partial charge is 0.477 e. The van der Waals surface area contributed by atoms with E-state index in [1.165, 1.54) is 148 Å². The molecule has 3 aliphatic heterocycles. The lowest BCUT2D eigenvalue weighted by Gasteiger charge is -2.50. The number of carboxylic acid groups (broad SMARTS) is 1. The number of ether oxygens (including phenoxy) is 6. The Balaban J connectivity index is 1.57. The highest BCUT2D eigenvalue weighted by molar-refractivity contribution is 5.77. The van der Waals surface area contributed by atoms with Crippen LogP contribution in [-0.4, -0.2) is 215 Å². The molecule has 23 heteroatoms. The number of aliphatic hydroxyl groups excluding tert-OH is 11. The van der Waals surface area contributed by atoms with Crippen molar-refractivity contribution >= 4 is 17.8 Å². The smallest absolute Gasteiger partial charge is 0.364 e. The molecule has 18 atom stereocenters. The van der Waals surface area contributed by atoms with Crippen LogP contribution < -0.4 is 10.6 Å². The van der Waals surface area contributed by atoms with Crippen molar-refractivity contribution in [3.8, 4) is 0 Å². The van der Waals surface area contributed by atoms with Gasteiger partial charge in [0.2, 0.25) is 11.8 Å². The number of carbonyl (C=O) groups excluding carboxylic acids is 2. The monoisotopic (exact) mass is 1240 g/mol. The molecule has 0 aromatic carbocycles. The molecule has 0 aromatic heterocycles. The van der Waals surface area contributed by atoms with E-state index in [-0.39, 0.29) is 18.9 Å². The molecule has 3 aliphatic rings. The van der Waals surface area contributed by atoms with Crippen molar-refractivity contribution in [3.05, 3.63) is 0 Å². The van der Waals surface area contributed by atoms with Crippen molar-refractivity contribution in [1.82, 2.24) is 10.6 Å². The lowest BCUT2D eigenvalue weighted by atomic mass is 9.88. The van der Waals surface area contributed by atoms with Gasteiger partial charge in [-0.15, -0.1) is 0 Å². The molecule has 0 bridgehead atoms. The average Bonchev–Trinajstić information content (AvgIpc) is 0.981. The average molecular weight is 1240 g/mol. The van der Waals surface area contributed by atoms with Crippen LogP contribution in [0.3, 0.4) is 0 Å². The first-order chi connectivity index (χ1) is 41.4. The number of aliphatic hydroxyl groups is 11. The van der Waals surface area contributed by atoms with Crippen molar-refractivity contribution in [1.29, 1.82) is 0 Å². The first-order valence-electron chi connectivity index (χ1n) is 33.4. The Bertz CT molecular complexity index is 1760. The third-order valence-corrected chi connectivity index (χ3v) is 17.3. The fourth-order valence-corrected chi connectivity index (χ4v) is 11.9. The minimum absolute atomic E-state index is 0.229. The molecule has 0 spiro atoms. The summed E-state index contributed by atoms with van der Waals surface area (Å²) < 4.78 is 34.8. The highest BCUT2D eigenvalue weighted by Gasteiger charge is 2.60. The summed E-state index contributed by atoms with van der Waals surface area (Å²) in [7, 11) is 0. The number of aliphatic carboxylic acids is 1. The molecule has 0 aliphatic carbocycles. The maximum absolute atomic E-state index is 13.4. The van der Waals surface area contributed by atoms with Crippen LogP contribution in [0.1, 0.15) is 245 Å². The highest BCUT2D eigenvalue weighted by Crippen LogP contribution is 2.39. The van der Waals surface area contributed by atoms with Gasteiger partial charge in [-0.05, 0) is 12.8 Å². The van der Waals surface area contributed by atoms with Crippen LogP contribution in [0, 0.1) is 0 Å². The molecule has 0 saturated carbocycles. The normalized spacial score (nSPS) is 29.3. The van der Waals surface area contributed by atoms with Crippen molar-refractivity contribution in [3.63, 3.8) is 0 Å². The Labute approximate surface area is 512 Å². The fourth-order valence-electron chi connectivity index (χ4n) is 11.9. The summed E-state index contributed by atoms with van der Waals surface area (Å²) in [5.74, 6) is -6.09. The molecule has 14 N–H and O–H groups in total. The number of hydrogen-bond acceptors (Lipinski definition) is 20. The Kier molecular flexibility index (Phi) is 40.9. The molecular formula is C63H118N2O21. The molecule has 3 rings (SSSR count). The van der Waals surface area contributed by atoms with Crippen LogP contribution in [0.15, 0.2) is 0 Å². The van der Waals surface area contributed by atoms with Crippen molar-refractivity contribution in [2.45, 2.75) is 355 Å². The van der Waals surface area contributed by atoms with Gasteiger partial charge in [0, 0.05) is 19.8 Å². The molecule has 3 fully saturated rings. The summed E-state index contributed by atoms with van der Waals surface area (Å²) in [4.78, 5) is 38.5. The Morgan fingerprint density at radius 3 is 1.45 bits per heavy atom. The molecule has 3 heterocycles. The van der Waals surface area contributed by atoms with E-state index in [1.54, 1.807) is 0 Å². The summed E-state index contributed by atoms with van der Waals surface area (Å²) in [5, 5.41) is 136. The summed E-state index contributed by atoms with van der Waals surface area (Å²) in [6.45, 7) is 2.18. The predicted molar refractivity (Wildman–Crippen MR) is 320 cm³/mol. The molecule has 23 nitrogen and oxygen atoms in total. The zero-order valence-corrected chi connectivity index (χ0v) is 52.4. The summed E-state index contributed by atoms with van der Waals surface area (Å²) in [6, 6.07) is -2.52. The van der Waals surface area contributed by atoms with Crippen LogP contribution in [0.4, 0.5) is 0 Å². The van der Waals surface area contributed by atoms with Gasteiger partial charge >= 0.3 is 5.97 Å². The molecule has 2 amide bonds. The quantitative estimate of drug-likeness (QED) is 0.0358. The fraction of sp³-hybridized carbons (Fsp3) is 0.952. The van der Waals surface area contributed by atoms with Crippen molar-refractivity contribution < 1.29 is 104 Å². The zero-order valence-electron chi connectivity index (χ0n) is 52.4. The minimum atomic E-state index is -3.08. The third-order valence-electron chi connectivity index (χ3n) is 17.3. The Morgan fingerprint density at radius 2 is 1.01 bits per heavy atom. The second-order valence-electron chi connectivity index (χ2n) is 24.7. The van der Waals surface area contributed by atoms with Gasteiger partial charge in [-0.3, -0.25) is 9.59 Å². The number of carbonyl (C=O) groups is 3. The van der Waals surface area contributed by atoms with Crippen LogP contribution in [0.5, 0.6) is 0 Å². The molecule has 506 valence electrons. The lowest BCUT2D eigenvalue weighted by Crippen LogP contribution is -2.70. The summed E-state index contributed by atoms with van der Waals surface area (Å²) >= 11 is 0. The first kappa shape index (κ1) is 78.0.